The fourth-order valence-electron chi connectivity index (χ4n) is 4.98. The highest BCUT2D eigenvalue weighted by Gasteiger charge is 2.52. The first-order valence-corrected chi connectivity index (χ1v) is 12.7. The van der Waals surface area contributed by atoms with Crippen LogP contribution in [0.3, 0.4) is 0 Å². The summed E-state index contributed by atoms with van der Waals surface area (Å²) in [6.45, 7) is 6.48. The second kappa shape index (κ2) is 9.41. The second-order valence-corrected chi connectivity index (χ2v) is 11.1. The van der Waals surface area contributed by atoms with Crippen LogP contribution in [0.15, 0.2) is 42.5 Å². The van der Waals surface area contributed by atoms with Gasteiger partial charge < -0.3 is 34.5 Å². The first kappa shape index (κ1) is 26.7. The highest BCUT2D eigenvalue weighted by atomic mass is 19.3. The molecule has 5 rings (SSSR count). The van der Waals surface area contributed by atoms with Crippen LogP contribution >= 0.6 is 0 Å². The van der Waals surface area contributed by atoms with Crippen molar-refractivity contribution in [3.05, 3.63) is 53.7 Å². The number of amides is 2. The molecule has 210 valence electrons. The molecule has 9 nitrogen and oxygen atoms in total. The molecule has 2 aromatic carbocycles. The number of aliphatic hydroxyl groups is 1. The molecule has 0 saturated heterocycles. The van der Waals surface area contributed by atoms with Gasteiger partial charge >= 0.3 is 12.4 Å². The van der Waals surface area contributed by atoms with Gasteiger partial charge in [-0.05, 0) is 54.8 Å². The molecule has 2 heterocycles. The Hall–Kier alpha value is -3.86. The van der Waals surface area contributed by atoms with Crippen LogP contribution in [0.5, 0.6) is 11.5 Å². The molecule has 1 saturated carbocycles. The van der Waals surface area contributed by atoms with Crippen LogP contribution in [0.2, 0.25) is 0 Å². The van der Waals surface area contributed by atoms with Crippen LogP contribution in [0.4, 0.5) is 19.3 Å². The van der Waals surface area contributed by atoms with E-state index in [-0.39, 0.29) is 37.3 Å². The van der Waals surface area contributed by atoms with E-state index in [4.69, 9.17) is 0 Å². The number of nitrogens with zero attached hydrogens (tertiary/aromatic N) is 1. The Morgan fingerprint density at radius 3 is 2.51 bits per heavy atom. The number of carbonyl (C=O) groups excluding carboxylic acids is 2. The third kappa shape index (κ3) is 5.23. The summed E-state index contributed by atoms with van der Waals surface area (Å²) in [4.78, 5) is 24.8. The van der Waals surface area contributed by atoms with Crippen molar-refractivity contribution >= 4 is 28.6 Å². The van der Waals surface area contributed by atoms with Crippen molar-refractivity contribution in [2.75, 3.05) is 19.0 Å². The molecule has 1 aliphatic carbocycles. The van der Waals surface area contributed by atoms with Gasteiger partial charge in [0.15, 0.2) is 11.5 Å². The number of hydrogen-bond acceptors (Lipinski definition) is 6. The molecule has 11 heteroatoms. The third-order valence-electron chi connectivity index (χ3n) is 7.13. The van der Waals surface area contributed by atoms with E-state index in [0.29, 0.717) is 24.1 Å². The van der Waals surface area contributed by atoms with Gasteiger partial charge in [0.25, 0.3) is 0 Å². The summed E-state index contributed by atoms with van der Waals surface area (Å²) in [5, 5.41) is 16.9. The predicted molar refractivity (Wildman–Crippen MR) is 141 cm³/mol. The zero-order valence-electron chi connectivity index (χ0n) is 22.1. The van der Waals surface area contributed by atoms with Gasteiger partial charge in [0.2, 0.25) is 5.91 Å². The number of methoxy groups -OCH3 is 1. The number of alkyl carbamates (subject to hydrolysis) is 1. The zero-order chi connectivity index (χ0) is 28.2. The van der Waals surface area contributed by atoms with Gasteiger partial charge in [-0.25, -0.2) is 4.79 Å². The number of aliphatic hydroxyl groups excluding tert-OH is 1. The minimum atomic E-state index is -3.72. The fourth-order valence-corrected chi connectivity index (χ4v) is 4.98. The molecule has 0 bridgehead atoms. The van der Waals surface area contributed by atoms with Crippen LogP contribution in [0.1, 0.15) is 46.3 Å². The van der Waals surface area contributed by atoms with E-state index in [1.54, 1.807) is 12.1 Å². The van der Waals surface area contributed by atoms with Crippen molar-refractivity contribution < 1.29 is 39.1 Å². The van der Waals surface area contributed by atoms with Crippen molar-refractivity contribution in [3.63, 3.8) is 0 Å². The molecule has 1 aromatic heterocycles. The number of nitrogens with one attached hydrogen (secondary N) is 2. The van der Waals surface area contributed by atoms with Gasteiger partial charge in [0.05, 0.1) is 25.2 Å². The normalized spacial score (nSPS) is 17.5. The lowest BCUT2D eigenvalue weighted by Crippen LogP contribution is -2.35. The average Bonchev–Trinajstić information content (AvgIpc) is 3.51. The minimum Gasteiger partial charge on any atom is -0.453 e. The fraction of sp³-hybridized carbons (Fsp3) is 0.429. The number of halogens is 2. The molecule has 2 aliphatic rings. The Balaban J connectivity index is 0.00000370. The van der Waals surface area contributed by atoms with E-state index in [0.717, 1.165) is 16.6 Å². The van der Waals surface area contributed by atoms with E-state index >= 15 is 0 Å². The van der Waals surface area contributed by atoms with Crippen molar-refractivity contribution in [3.8, 4) is 11.5 Å². The summed E-state index contributed by atoms with van der Waals surface area (Å²) < 4.78 is 42.5. The number of ether oxygens (including phenoxy) is 3. The Kier molecular flexibility index (Phi) is 6.45. The van der Waals surface area contributed by atoms with Gasteiger partial charge in [-0.1, -0.05) is 26.8 Å². The molecular formula is C28H33F2N3O6. The highest BCUT2D eigenvalue weighted by molar-refractivity contribution is 6.02. The lowest BCUT2D eigenvalue weighted by atomic mass is 9.92. The van der Waals surface area contributed by atoms with Gasteiger partial charge in [-0.3, -0.25) is 4.79 Å². The van der Waals surface area contributed by atoms with E-state index in [2.05, 4.69) is 45.6 Å². The molecule has 1 atom stereocenters. The Bertz CT molecular complexity index is 1450. The Morgan fingerprint density at radius 1 is 1.13 bits per heavy atom. The number of hydrogen-bond donors (Lipinski definition) is 3. The minimum absolute atomic E-state index is 0. The third-order valence-corrected chi connectivity index (χ3v) is 7.13. The summed E-state index contributed by atoms with van der Waals surface area (Å²) in [6, 6.07) is 12.0. The van der Waals surface area contributed by atoms with E-state index in [9.17, 15) is 23.5 Å². The zero-order valence-corrected chi connectivity index (χ0v) is 22.1. The van der Waals surface area contributed by atoms with Gasteiger partial charge in [-0.2, -0.15) is 0 Å². The molecule has 0 unspecified atom stereocenters. The molecule has 39 heavy (non-hydrogen) atoms. The number of alkyl halides is 2. The number of aromatic nitrogens is 1. The van der Waals surface area contributed by atoms with E-state index < -0.39 is 23.9 Å². The molecule has 3 aromatic rings. The van der Waals surface area contributed by atoms with Crippen molar-refractivity contribution in [1.82, 2.24) is 9.88 Å². The monoisotopic (exact) mass is 545 g/mol. The smallest absolute Gasteiger partial charge is 0.453 e. The second-order valence-electron chi connectivity index (χ2n) is 11.1. The summed E-state index contributed by atoms with van der Waals surface area (Å²) >= 11 is 0. The summed E-state index contributed by atoms with van der Waals surface area (Å²) in [6.07, 6.45) is -4.02. The molecule has 0 radical (unpaired) electrons. The molecule has 1 fully saturated rings. The van der Waals surface area contributed by atoms with Gasteiger partial charge in [0.1, 0.15) is 0 Å². The summed E-state index contributed by atoms with van der Waals surface area (Å²) in [7, 11) is 1.26. The molecule has 0 spiro atoms. The lowest BCUT2D eigenvalue weighted by molar-refractivity contribution is -0.286. The maximum absolute atomic E-state index is 13.5. The van der Waals surface area contributed by atoms with Crippen LogP contribution in [-0.2, 0) is 26.9 Å². The van der Waals surface area contributed by atoms with Crippen LogP contribution in [-0.4, -0.2) is 47.7 Å². The Labute approximate surface area is 225 Å². The highest BCUT2D eigenvalue weighted by Crippen LogP contribution is 2.52. The van der Waals surface area contributed by atoms with Crippen LogP contribution in [0, 0.1) is 0 Å². The topological polar surface area (TPSA) is 111 Å². The van der Waals surface area contributed by atoms with Crippen molar-refractivity contribution in [1.29, 1.82) is 0 Å². The number of fused-ring (bicyclic) bond motifs is 2. The molecule has 1 aliphatic heterocycles. The largest absolute Gasteiger partial charge is 0.586 e. The SMILES string of the molecule is COC(=O)NC[C@H](O)Cn1c(C(C)(C)C)cc2cc(NC(=O)C3(c4ccc5c(c4)OC(F)(F)O5)CC3)ccc21.[HH]. The van der Waals surface area contributed by atoms with E-state index in [1.165, 1.54) is 19.2 Å². The molecule has 3 N–H and O–H groups in total. The van der Waals surface area contributed by atoms with Crippen LogP contribution in [0.25, 0.3) is 10.9 Å². The van der Waals surface area contributed by atoms with Gasteiger partial charge in [-0.15, -0.1) is 8.78 Å². The Morgan fingerprint density at radius 2 is 1.85 bits per heavy atom. The first-order chi connectivity index (χ1) is 18.3. The predicted octanol–water partition coefficient (Wildman–Crippen LogP) is 4.89. The number of carbonyl (C=O) groups is 2. The number of benzene rings is 2. The maximum atomic E-state index is 13.5. The summed E-state index contributed by atoms with van der Waals surface area (Å²) in [5.41, 5.74) is 1.96. The summed E-state index contributed by atoms with van der Waals surface area (Å²) in [5.74, 6) is -0.374. The number of anilines is 1. The molecule has 2 amide bonds. The standard InChI is InChI=1S/C28H31F2N3O6.H2/c1-26(2,3)23-12-16-11-18(6-7-20(16)33(23)15-19(34)14-31-25(36)37-4)32-24(35)27(9-10-27)17-5-8-21-22(13-17)39-28(29,30)38-21;/h5-8,11-13,19,34H,9-10,14-15H2,1-4H3,(H,31,36)(H,32,35);1H/t19-;/m0./s1. The van der Waals surface area contributed by atoms with Gasteiger partial charge in [0, 0.05) is 35.7 Å². The van der Waals surface area contributed by atoms with E-state index in [1.807, 2.05) is 22.8 Å². The molecular weight excluding hydrogens is 512 g/mol. The maximum Gasteiger partial charge on any atom is 0.586 e. The number of rotatable bonds is 7. The first-order valence-electron chi connectivity index (χ1n) is 12.7. The van der Waals surface area contributed by atoms with Crippen molar-refractivity contribution in [2.24, 2.45) is 0 Å². The lowest BCUT2D eigenvalue weighted by Gasteiger charge is -2.24. The van der Waals surface area contributed by atoms with Crippen molar-refractivity contribution in [2.45, 2.75) is 63.4 Å². The average molecular weight is 546 g/mol. The quantitative estimate of drug-likeness (QED) is 0.390. The van der Waals surface area contributed by atoms with Crippen LogP contribution < -0.4 is 20.1 Å².